The number of nitrogens with one attached hydrogen (secondary N) is 1. The van der Waals surface area contributed by atoms with E-state index in [-0.39, 0.29) is 11.7 Å². The maximum absolute atomic E-state index is 12.1. The number of aromatic hydroxyl groups is 1. The number of nitrogens with zero attached hydrogens (tertiary/aromatic N) is 1. The predicted molar refractivity (Wildman–Crippen MR) is 102 cm³/mol. The second kappa shape index (κ2) is 8.49. The number of hydrogen-bond donors (Lipinski definition) is 2. The lowest BCUT2D eigenvalue weighted by Gasteiger charge is -2.06. The quantitative estimate of drug-likeness (QED) is 0.666. The van der Waals surface area contributed by atoms with Crippen molar-refractivity contribution in [1.29, 1.82) is 0 Å². The van der Waals surface area contributed by atoms with Crippen LogP contribution in [-0.4, -0.2) is 22.6 Å². The summed E-state index contributed by atoms with van der Waals surface area (Å²) in [4.78, 5) is 16.6. The van der Waals surface area contributed by atoms with Crippen molar-refractivity contribution in [2.45, 2.75) is 19.9 Å². The van der Waals surface area contributed by atoms with Gasteiger partial charge in [0.1, 0.15) is 16.5 Å². The lowest BCUT2D eigenvalue weighted by Crippen LogP contribution is -2.24. The number of rotatable bonds is 7. The fourth-order valence-electron chi connectivity index (χ4n) is 2.45. The number of phenols is 1. The first kappa shape index (κ1) is 17.9. The fraction of sp³-hybridized carbons (Fsp3) is 0.200. The molecule has 134 valence electrons. The molecule has 0 spiro atoms. The molecule has 1 heterocycles. The van der Waals surface area contributed by atoms with Crippen LogP contribution in [0.25, 0.3) is 11.3 Å². The van der Waals surface area contributed by atoms with E-state index in [2.05, 4.69) is 10.3 Å². The number of ether oxygens (including phenoxy) is 1. The van der Waals surface area contributed by atoms with Gasteiger partial charge in [0.25, 0.3) is 0 Å². The van der Waals surface area contributed by atoms with Gasteiger partial charge in [-0.3, -0.25) is 4.79 Å². The van der Waals surface area contributed by atoms with Crippen LogP contribution in [0.3, 0.4) is 0 Å². The minimum Gasteiger partial charge on any atom is -0.508 e. The zero-order valence-electron chi connectivity index (χ0n) is 14.4. The summed E-state index contributed by atoms with van der Waals surface area (Å²) in [5.41, 5.74) is 2.71. The van der Waals surface area contributed by atoms with Gasteiger partial charge in [0, 0.05) is 10.9 Å². The van der Waals surface area contributed by atoms with E-state index in [9.17, 15) is 9.90 Å². The topological polar surface area (TPSA) is 71.5 Å². The van der Waals surface area contributed by atoms with Crippen molar-refractivity contribution in [3.8, 4) is 22.8 Å². The van der Waals surface area contributed by atoms with E-state index in [0.717, 1.165) is 27.6 Å². The normalized spacial score (nSPS) is 10.5. The van der Waals surface area contributed by atoms with Gasteiger partial charge >= 0.3 is 0 Å². The van der Waals surface area contributed by atoms with Crippen molar-refractivity contribution in [3.05, 3.63) is 64.5 Å². The Morgan fingerprint density at radius 2 is 1.88 bits per heavy atom. The Balaban J connectivity index is 1.52. The van der Waals surface area contributed by atoms with Crippen LogP contribution in [0.5, 0.6) is 11.5 Å². The third kappa shape index (κ3) is 4.83. The Morgan fingerprint density at radius 1 is 1.15 bits per heavy atom. The monoisotopic (exact) mass is 368 g/mol. The second-order valence-electron chi connectivity index (χ2n) is 5.70. The number of amides is 1. The van der Waals surface area contributed by atoms with Crippen LogP contribution in [0.15, 0.2) is 53.9 Å². The molecule has 5 nitrogen and oxygen atoms in total. The summed E-state index contributed by atoms with van der Waals surface area (Å²) in [5.74, 6) is 0.988. The van der Waals surface area contributed by atoms with E-state index in [1.165, 1.54) is 11.3 Å². The maximum atomic E-state index is 12.1. The standard InChI is InChI=1S/C20H20N2O3S/c1-2-25-17-9-3-14(4-10-17)11-19(24)21-12-20-22-18(13-26-20)15-5-7-16(23)8-6-15/h3-10,13,23H,2,11-12H2,1H3,(H,21,24). The molecule has 2 N–H and O–H groups in total. The number of phenolic OH excluding ortho intramolecular Hbond substituents is 1. The third-order valence-electron chi connectivity index (χ3n) is 3.75. The second-order valence-corrected chi connectivity index (χ2v) is 6.65. The highest BCUT2D eigenvalue weighted by Gasteiger charge is 2.08. The van der Waals surface area contributed by atoms with E-state index in [4.69, 9.17) is 4.74 Å². The Morgan fingerprint density at radius 3 is 2.58 bits per heavy atom. The largest absolute Gasteiger partial charge is 0.508 e. The number of carbonyl (C=O) groups excluding carboxylic acids is 1. The molecule has 0 bridgehead atoms. The highest BCUT2D eigenvalue weighted by Crippen LogP contribution is 2.23. The van der Waals surface area contributed by atoms with Crippen LogP contribution < -0.4 is 10.1 Å². The predicted octanol–water partition coefficient (Wildman–Crippen LogP) is 3.77. The lowest BCUT2D eigenvalue weighted by molar-refractivity contribution is -0.120. The van der Waals surface area contributed by atoms with Gasteiger partial charge < -0.3 is 15.2 Å². The summed E-state index contributed by atoms with van der Waals surface area (Å²) >= 11 is 1.50. The Bertz CT molecular complexity index is 858. The Labute approximate surface area is 156 Å². The molecule has 2 aromatic carbocycles. The van der Waals surface area contributed by atoms with Crippen molar-refractivity contribution < 1.29 is 14.6 Å². The zero-order valence-corrected chi connectivity index (χ0v) is 15.3. The van der Waals surface area contributed by atoms with E-state index in [1.54, 1.807) is 12.1 Å². The molecule has 3 aromatic rings. The number of aromatic nitrogens is 1. The van der Waals surface area contributed by atoms with Gasteiger partial charge in [-0.25, -0.2) is 4.98 Å². The highest BCUT2D eigenvalue weighted by atomic mass is 32.1. The molecule has 26 heavy (non-hydrogen) atoms. The molecule has 0 saturated heterocycles. The molecule has 0 saturated carbocycles. The lowest BCUT2D eigenvalue weighted by atomic mass is 10.1. The number of carbonyl (C=O) groups is 1. The summed E-state index contributed by atoms with van der Waals surface area (Å²) in [6, 6.07) is 14.4. The summed E-state index contributed by atoms with van der Waals surface area (Å²) in [7, 11) is 0. The molecule has 6 heteroatoms. The van der Waals surface area contributed by atoms with Gasteiger partial charge in [-0.2, -0.15) is 0 Å². The molecule has 0 atom stereocenters. The smallest absolute Gasteiger partial charge is 0.224 e. The van der Waals surface area contributed by atoms with Gasteiger partial charge in [0.2, 0.25) is 5.91 Å². The SMILES string of the molecule is CCOc1ccc(CC(=O)NCc2nc(-c3ccc(O)cc3)cs2)cc1. The van der Waals surface area contributed by atoms with Crippen molar-refractivity contribution in [2.24, 2.45) is 0 Å². The number of benzene rings is 2. The van der Waals surface area contributed by atoms with Crippen LogP contribution in [0.1, 0.15) is 17.5 Å². The highest BCUT2D eigenvalue weighted by molar-refractivity contribution is 7.09. The first-order valence-electron chi connectivity index (χ1n) is 8.36. The van der Waals surface area contributed by atoms with E-state index in [1.807, 2.05) is 48.7 Å². The van der Waals surface area contributed by atoms with Crippen molar-refractivity contribution in [1.82, 2.24) is 10.3 Å². The first-order chi connectivity index (χ1) is 12.6. The number of hydrogen-bond acceptors (Lipinski definition) is 5. The molecule has 0 aliphatic rings. The van der Waals surface area contributed by atoms with Crippen molar-refractivity contribution in [3.63, 3.8) is 0 Å². The fourth-order valence-corrected chi connectivity index (χ4v) is 3.19. The Hall–Kier alpha value is -2.86. The molecular formula is C20H20N2O3S. The number of thiazole rings is 1. The average molecular weight is 368 g/mol. The minimum atomic E-state index is -0.0458. The summed E-state index contributed by atoms with van der Waals surface area (Å²) in [5, 5.41) is 15.0. The molecule has 1 aromatic heterocycles. The van der Waals surface area contributed by atoms with Gasteiger partial charge in [-0.15, -0.1) is 11.3 Å². The Kier molecular flexibility index (Phi) is 5.86. The molecule has 0 fully saturated rings. The zero-order chi connectivity index (χ0) is 18.4. The minimum absolute atomic E-state index is 0.0458. The van der Waals surface area contributed by atoms with E-state index < -0.39 is 0 Å². The van der Waals surface area contributed by atoms with Gasteiger partial charge in [-0.05, 0) is 48.9 Å². The van der Waals surface area contributed by atoms with E-state index in [0.29, 0.717) is 19.6 Å². The molecule has 1 amide bonds. The van der Waals surface area contributed by atoms with Crippen LogP contribution in [0.4, 0.5) is 0 Å². The summed E-state index contributed by atoms with van der Waals surface area (Å²) in [6.45, 7) is 2.96. The van der Waals surface area contributed by atoms with Crippen LogP contribution in [-0.2, 0) is 17.8 Å². The van der Waals surface area contributed by atoms with Gasteiger partial charge in [0.05, 0.1) is 25.3 Å². The first-order valence-corrected chi connectivity index (χ1v) is 9.24. The third-order valence-corrected chi connectivity index (χ3v) is 4.60. The molecule has 0 unspecified atom stereocenters. The molecule has 0 radical (unpaired) electrons. The van der Waals surface area contributed by atoms with Crippen LogP contribution >= 0.6 is 11.3 Å². The van der Waals surface area contributed by atoms with Crippen LogP contribution in [0, 0.1) is 0 Å². The summed E-state index contributed by atoms with van der Waals surface area (Å²) < 4.78 is 5.40. The van der Waals surface area contributed by atoms with Crippen molar-refractivity contribution >= 4 is 17.2 Å². The molecule has 0 aliphatic carbocycles. The molecule has 0 aliphatic heterocycles. The van der Waals surface area contributed by atoms with Crippen molar-refractivity contribution in [2.75, 3.05) is 6.61 Å². The van der Waals surface area contributed by atoms with E-state index >= 15 is 0 Å². The van der Waals surface area contributed by atoms with Gasteiger partial charge in [0.15, 0.2) is 0 Å². The van der Waals surface area contributed by atoms with Crippen LogP contribution in [0.2, 0.25) is 0 Å². The maximum Gasteiger partial charge on any atom is 0.224 e. The molecule has 3 rings (SSSR count). The molecular weight excluding hydrogens is 348 g/mol. The average Bonchev–Trinajstić information content (AvgIpc) is 3.11. The summed E-state index contributed by atoms with van der Waals surface area (Å²) in [6.07, 6.45) is 0.322. The van der Waals surface area contributed by atoms with Gasteiger partial charge in [-0.1, -0.05) is 12.1 Å².